The number of carboxylic acids is 1. The van der Waals surface area contributed by atoms with E-state index in [4.69, 9.17) is 26.2 Å². The van der Waals surface area contributed by atoms with Gasteiger partial charge in [0.25, 0.3) is 5.91 Å². The monoisotopic (exact) mass is 467 g/mol. The van der Waals surface area contributed by atoms with Gasteiger partial charge in [-0.1, -0.05) is 23.7 Å². The van der Waals surface area contributed by atoms with Gasteiger partial charge >= 0.3 is 5.97 Å². The second-order valence-electron chi connectivity index (χ2n) is 7.27. The molecule has 0 atom stereocenters. The minimum atomic E-state index is -1.06. The molecule has 0 unspecified atom stereocenters. The molecule has 1 aliphatic heterocycles. The lowest BCUT2D eigenvalue weighted by Crippen LogP contribution is -2.42. The number of hydrogen-bond acceptors (Lipinski definition) is 6. The zero-order valence-electron chi connectivity index (χ0n) is 17.7. The van der Waals surface area contributed by atoms with Crippen LogP contribution in [-0.4, -0.2) is 54.8 Å². The van der Waals surface area contributed by atoms with Crippen molar-refractivity contribution in [1.29, 1.82) is 0 Å². The normalized spacial score (nSPS) is 12.5. The van der Waals surface area contributed by atoms with Crippen molar-refractivity contribution in [2.24, 2.45) is 0 Å². The van der Waals surface area contributed by atoms with Gasteiger partial charge in [0.05, 0.1) is 12.2 Å². The van der Waals surface area contributed by atoms with Gasteiger partial charge in [-0.3, -0.25) is 9.78 Å². The van der Waals surface area contributed by atoms with E-state index in [1.165, 1.54) is 0 Å². The zero-order chi connectivity index (χ0) is 23.2. The molecule has 0 bridgehead atoms. The molecule has 2 aromatic carbocycles. The number of rotatable bonds is 8. The Morgan fingerprint density at radius 2 is 1.94 bits per heavy atom. The van der Waals surface area contributed by atoms with Crippen molar-refractivity contribution in [3.63, 3.8) is 0 Å². The van der Waals surface area contributed by atoms with Gasteiger partial charge in [-0.15, -0.1) is 0 Å². The zero-order valence-corrected chi connectivity index (χ0v) is 18.4. The van der Waals surface area contributed by atoms with E-state index in [0.29, 0.717) is 54.1 Å². The number of ether oxygens (including phenoxy) is 2. The molecule has 0 saturated carbocycles. The number of para-hydroxylation sites is 1. The molecule has 9 heteroatoms. The third-order valence-corrected chi connectivity index (χ3v) is 5.37. The predicted molar refractivity (Wildman–Crippen MR) is 125 cm³/mol. The first-order valence-electron chi connectivity index (χ1n) is 10.4. The van der Waals surface area contributed by atoms with Crippen LogP contribution in [0.2, 0.25) is 5.02 Å². The topological polar surface area (TPSA) is 92.2 Å². The largest absolute Gasteiger partial charge is 0.486 e. The molecule has 8 nitrogen and oxygen atoms in total. The van der Waals surface area contributed by atoms with Gasteiger partial charge in [0.1, 0.15) is 12.3 Å². The highest BCUT2D eigenvalue weighted by Gasteiger charge is 2.25. The molecule has 0 saturated heterocycles. The van der Waals surface area contributed by atoms with E-state index in [0.717, 1.165) is 5.69 Å². The number of aliphatic carboxylic acids is 1. The summed E-state index contributed by atoms with van der Waals surface area (Å²) >= 11 is 6.04. The number of pyridine rings is 1. The van der Waals surface area contributed by atoms with Crippen LogP contribution in [0.5, 0.6) is 11.5 Å². The summed E-state index contributed by atoms with van der Waals surface area (Å²) in [6.07, 6.45) is 1.59. The van der Waals surface area contributed by atoms with Crippen LogP contribution < -0.4 is 19.3 Å². The van der Waals surface area contributed by atoms with E-state index in [1.807, 2.05) is 6.07 Å². The number of carbonyl (C=O) groups excluding carboxylic acids is 1. The van der Waals surface area contributed by atoms with Crippen LogP contribution in [0.15, 0.2) is 66.9 Å². The Bertz CT molecular complexity index is 1120. The van der Waals surface area contributed by atoms with Crippen molar-refractivity contribution in [3.8, 4) is 11.5 Å². The summed E-state index contributed by atoms with van der Waals surface area (Å²) in [6.45, 7) is 1.47. The third kappa shape index (κ3) is 5.35. The Labute approximate surface area is 195 Å². The van der Waals surface area contributed by atoms with Gasteiger partial charge in [-0.2, -0.15) is 0 Å². The number of anilines is 2. The van der Waals surface area contributed by atoms with Gasteiger partial charge in [-0.25, -0.2) is 4.79 Å². The molecular weight excluding hydrogens is 446 g/mol. The average molecular weight is 468 g/mol. The molecule has 0 aliphatic carbocycles. The van der Waals surface area contributed by atoms with Crippen LogP contribution in [0, 0.1) is 0 Å². The third-order valence-electron chi connectivity index (χ3n) is 5.12. The lowest BCUT2D eigenvalue weighted by atomic mass is 10.2. The number of nitrogens with zero attached hydrogens (tertiary/aromatic N) is 3. The minimum absolute atomic E-state index is 0.218. The Hall–Kier alpha value is -3.78. The summed E-state index contributed by atoms with van der Waals surface area (Å²) < 4.78 is 11.2. The first-order valence-corrected chi connectivity index (χ1v) is 10.7. The molecule has 0 fully saturated rings. The highest BCUT2D eigenvalue weighted by molar-refractivity contribution is 6.30. The van der Waals surface area contributed by atoms with E-state index in [2.05, 4.69) is 9.88 Å². The standard InChI is InChI=1S/C24H22ClN3O5/c25-17-7-9-18(10-8-17)28(24(31)19-4-1-2-11-26-19)13-12-27-14-15-32-23-20(27)5-3-6-21(23)33-16-22(29)30/h1-11H,12-16H2,(H,29,30). The number of benzene rings is 2. The van der Waals surface area contributed by atoms with Gasteiger partial charge in [0.15, 0.2) is 18.1 Å². The maximum absolute atomic E-state index is 13.3. The summed E-state index contributed by atoms with van der Waals surface area (Å²) in [7, 11) is 0. The fraction of sp³-hybridized carbons (Fsp3) is 0.208. The van der Waals surface area contributed by atoms with Crippen molar-refractivity contribution in [2.75, 3.05) is 42.6 Å². The second-order valence-corrected chi connectivity index (χ2v) is 7.71. The number of carboxylic acid groups (broad SMARTS) is 1. The molecule has 33 heavy (non-hydrogen) atoms. The van der Waals surface area contributed by atoms with Gasteiger partial charge < -0.3 is 24.4 Å². The van der Waals surface area contributed by atoms with Gasteiger partial charge in [-0.05, 0) is 48.5 Å². The summed E-state index contributed by atoms with van der Waals surface area (Å²) in [5.41, 5.74) is 1.84. The Morgan fingerprint density at radius 1 is 1.12 bits per heavy atom. The summed E-state index contributed by atoms with van der Waals surface area (Å²) in [6, 6.07) is 17.6. The first kappa shape index (κ1) is 22.4. The van der Waals surface area contributed by atoms with E-state index in [9.17, 15) is 9.59 Å². The summed E-state index contributed by atoms with van der Waals surface area (Å²) in [4.78, 5) is 32.1. The van der Waals surface area contributed by atoms with E-state index < -0.39 is 12.6 Å². The van der Waals surface area contributed by atoms with Crippen LogP contribution in [-0.2, 0) is 4.79 Å². The molecule has 1 N–H and O–H groups in total. The SMILES string of the molecule is O=C(O)COc1cccc2c1OCCN2CCN(C(=O)c1ccccn1)c1ccc(Cl)cc1. The molecule has 170 valence electrons. The number of hydrogen-bond donors (Lipinski definition) is 1. The summed E-state index contributed by atoms with van der Waals surface area (Å²) in [5, 5.41) is 9.50. The second kappa shape index (κ2) is 10.2. The van der Waals surface area contributed by atoms with E-state index in [1.54, 1.807) is 65.7 Å². The molecule has 2 heterocycles. The van der Waals surface area contributed by atoms with Crippen LogP contribution in [0.4, 0.5) is 11.4 Å². The highest BCUT2D eigenvalue weighted by atomic mass is 35.5. The Kier molecular flexibility index (Phi) is 6.95. The lowest BCUT2D eigenvalue weighted by Gasteiger charge is -2.34. The number of amides is 1. The molecule has 1 aromatic heterocycles. The molecule has 4 rings (SSSR count). The average Bonchev–Trinajstić information content (AvgIpc) is 2.84. The fourth-order valence-electron chi connectivity index (χ4n) is 3.58. The smallest absolute Gasteiger partial charge is 0.341 e. The van der Waals surface area contributed by atoms with Crippen LogP contribution >= 0.6 is 11.6 Å². The number of carbonyl (C=O) groups is 2. The van der Waals surface area contributed by atoms with Crippen molar-refractivity contribution in [3.05, 3.63) is 77.6 Å². The van der Waals surface area contributed by atoms with Crippen molar-refractivity contribution >= 4 is 34.9 Å². The first-order chi connectivity index (χ1) is 16.0. The lowest BCUT2D eigenvalue weighted by molar-refractivity contribution is -0.139. The quantitative estimate of drug-likeness (QED) is 0.539. The van der Waals surface area contributed by atoms with Crippen molar-refractivity contribution in [1.82, 2.24) is 4.98 Å². The number of aromatic nitrogens is 1. The fourth-order valence-corrected chi connectivity index (χ4v) is 3.71. The van der Waals surface area contributed by atoms with E-state index >= 15 is 0 Å². The maximum Gasteiger partial charge on any atom is 0.341 e. The highest BCUT2D eigenvalue weighted by Crippen LogP contribution is 2.39. The molecular formula is C24H22ClN3O5. The molecule has 0 spiro atoms. The van der Waals surface area contributed by atoms with Gasteiger partial charge in [0.2, 0.25) is 0 Å². The molecule has 1 aliphatic rings. The molecule has 0 radical (unpaired) electrons. The Balaban J connectivity index is 1.56. The number of halogens is 1. The minimum Gasteiger partial charge on any atom is -0.486 e. The van der Waals surface area contributed by atoms with E-state index in [-0.39, 0.29) is 5.91 Å². The molecule has 1 amide bonds. The number of fused-ring (bicyclic) bond motifs is 1. The van der Waals surface area contributed by atoms with Crippen molar-refractivity contribution < 1.29 is 24.2 Å². The summed E-state index contributed by atoms with van der Waals surface area (Å²) in [5.74, 6) is -0.408. The van der Waals surface area contributed by atoms with Crippen molar-refractivity contribution in [2.45, 2.75) is 0 Å². The Morgan fingerprint density at radius 3 is 2.67 bits per heavy atom. The van der Waals surface area contributed by atoms with Crippen LogP contribution in [0.25, 0.3) is 0 Å². The van der Waals surface area contributed by atoms with Crippen LogP contribution in [0.3, 0.4) is 0 Å². The van der Waals surface area contributed by atoms with Gasteiger partial charge in [0, 0.05) is 30.0 Å². The predicted octanol–water partition coefficient (Wildman–Crippen LogP) is 3.74. The van der Waals surface area contributed by atoms with Crippen LogP contribution in [0.1, 0.15) is 10.5 Å². The molecule has 3 aromatic rings. The maximum atomic E-state index is 13.3.